The van der Waals surface area contributed by atoms with Gasteiger partial charge in [-0.15, -0.1) is 0 Å². The lowest BCUT2D eigenvalue weighted by Crippen LogP contribution is -2.50. The Labute approximate surface area is 257 Å². The molecule has 6 rings (SSSR count). The maximum absolute atomic E-state index is 15.5. The molecule has 1 atom stereocenters. The summed E-state index contributed by atoms with van der Waals surface area (Å²) in [5.74, 6) is -0.612. The number of anilines is 1. The Bertz CT molecular complexity index is 1530. The molecule has 0 spiro atoms. The van der Waals surface area contributed by atoms with Gasteiger partial charge in [-0.2, -0.15) is 9.49 Å². The maximum atomic E-state index is 15.5. The summed E-state index contributed by atoms with van der Waals surface area (Å²) in [6.45, 7) is 11.6. The molecule has 0 aromatic carbocycles. The van der Waals surface area contributed by atoms with Crippen molar-refractivity contribution in [2.45, 2.75) is 96.7 Å². The van der Waals surface area contributed by atoms with Crippen LogP contribution in [0.5, 0.6) is 0 Å². The second-order valence-electron chi connectivity index (χ2n) is 13.9. The van der Waals surface area contributed by atoms with Crippen LogP contribution in [0.1, 0.15) is 72.0 Å². The van der Waals surface area contributed by atoms with Gasteiger partial charge in [0.05, 0.1) is 5.69 Å². The molecule has 44 heavy (non-hydrogen) atoms. The first-order valence-electron chi connectivity index (χ1n) is 15.7. The van der Waals surface area contributed by atoms with E-state index in [1.54, 1.807) is 16.8 Å². The van der Waals surface area contributed by atoms with Crippen LogP contribution >= 0.6 is 0 Å². The molecule has 3 fully saturated rings. The number of nitrogens with zero attached hydrogens (tertiary/aromatic N) is 5. The number of amides is 2. The molecule has 11 nitrogen and oxygen atoms in total. The third-order valence-electron chi connectivity index (χ3n) is 8.94. The number of halogens is 1. The third-order valence-corrected chi connectivity index (χ3v) is 10.6. The number of hydrogen-bond acceptors (Lipinski definition) is 8. The highest BCUT2D eigenvalue weighted by Gasteiger charge is 2.49. The van der Waals surface area contributed by atoms with E-state index in [0.29, 0.717) is 47.7 Å². The van der Waals surface area contributed by atoms with E-state index in [2.05, 4.69) is 50.7 Å². The highest BCUT2D eigenvalue weighted by Crippen LogP contribution is 2.51. The number of carbonyl (C=O) groups excluding carboxylic acids is 2. The molecule has 0 saturated heterocycles. The largest absolute Gasteiger partial charge is 0.360 e. The molecule has 3 saturated carbocycles. The molecular weight excluding hydrogens is 581 g/mol. The minimum atomic E-state index is -1.21. The third kappa shape index (κ3) is 6.93. The fourth-order valence-corrected chi connectivity index (χ4v) is 6.81. The Hall–Kier alpha value is -3.45. The summed E-state index contributed by atoms with van der Waals surface area (Å²) in [6, 6.07) is 3.45. The first kappa shape index (κ1) is 30.6. The van der Waals surface area contributed by atoms with Crippen molar-refractivity contribution in [2.75, 3.05) is 11.9 Å². The number of rotatable bonds is 14. The van der Waals surface area contributed by atoms with E-state index in [1.807, 2.05) is 13.8 Å². The first-order valence-corrected chi connectivity index (χ1v) is 19.4. The number of aromatic nitrogens is 5. The van der Waals surface area contributed by atoms with Gasteiger partial charge in [-0.3, -0.25) is 9.59 Å². The lowest BCUT2D eigenvalue weighted by molar-refractivity contribution is -0.119. The fourth-order valence-electron chi connectivity index (χ4n) is 6.05. The second-order valence-corrected chi connectivity index (χ2v) is 19.5. The minimum Gasteiger partial charge on any atom is -0.360 e. The molecule has 3 heterocycles. The summed E-state index contributed by atoms with van der Waals surface area (Å²) in [7, 11) is -1.21. The van der Waals surface area contributed by atoms with Crippen LogP contribution in [0, 0.1) is 37.5 Å². The van der Waals surface area contributed by atoms with Gasteiger partial charge in [0.1, 0.15) is 24.3 Å². The van der Waals surface area contributed by atoms with Crippen LogP contribution in [0.2, 0.25) is 25.7 Å². The zero-order valence-electron chi connectivity index (χ0n) is 26.2. The van der Waals surface area contributed by atoms with Crippen LogP contribution in [0.15, 0.2) is 16.8 Å². The summed E-state index contributed by atoms with van der Waals surface area (Å²) >= 11 is 0. The fraction of sp³-hybridized carbons (Fsp3) is 0.613. The average Bonchev–Trinajstić information content (AvgIpc) is 3.85. The van der Waals surface area contributed by atoms with E-state index in [0.717, 1.165) is 50.3 Å². The van der Waals surface area contributed by atoms with Gasteiger partial charge in [0.25, 0.3) is 5.91 Å². The molecule has 3 aliphatic carbocycles. The zero-order valence-corrected chi connectivity index (χ0v) is 27.2. The van der Waals surface area contributed by atoms with Crippen molar-refractivity contribution in [2.24, 2.45) is 17.8 Å². The van der Waals surface area contributed by atoms with Gasteiger partial charge < -0.3 is 15.4 Å². The van der Waals surface area contributed by atoms with Crippen molar-refractivity contribution in [3.05, 3.63) is 40.9 Å². The minimum absolute atomic E-state index is 0.00333. The topological polar surface area (TPSA) is 137 Å². The molecule has 0 radical (unpaired) electrons. The Morgan fingerprint density at radius 3 is 2.41 bits per heavy atom. The summed E-state index contributed by atoms with van der Waals surface area (Å²) < 4.78 is 28.0. The van der Waals surface area contributed by atoms with E-state index in [1.165, 1.54) is 0 Å². The Balaban J connectivity index is 1.17. The predicted octanol–water partition coefficient (Wildman–Crippen LogP) is 5.45. The molecule has 3 aromatic rings. The first-order chi connectivity index (χ1) is 21.0. The average molecular weight is 624 g/mol. The molecule has 3 aliphatic rings. The van der Waals surface area contributed by atoms with Gasteiger partial charge in [0.2, 0.25) is 11.9 Å². The van der Waals surface area contributed by atoms with Gasteiger partial charge in [-0.25, -0.2) is 14.3 Å². The number of carbonyl (C=O) groups is 2. The standard InChI is InChI=1S/C31H42FN7O4Si/c1-17-24(18(2)39(36-17)16-42-14-15-44(3,4)5)22-12-13-23(33-29(22)32)34-30(40)27(25(19-6-7-19)20-8-9-20)35-31(41)28-26(21-10-11-21)37-43-38-28/h12-13,19-21,25,27H,6-11,14-16H2,1-5H3,(H,35,41)(H,33,34,40)/t27-/m0/s1. The second kappa shape index (κ2) is 12.1. The number of pyridine rings is 1. The molecule has 0 bridgehead atoms. The molecule has 2 N–H and O–H groups in total. The maximum Gasteiger partial charge on any atom is 0.276 e. The van der Waals surface area contributed by atoms with Crippen LogP contribution in [0.3, 0.4) is 0 Å². The van der Waals surface area contributed by atoms with Crippen LogP contribution in [0.4, 0.5) is 10.2 Å². The molecule has 13 heteroatoms. The highest BCUT2D eigenvalue weighted by molar-refractivity contribution is 6.76. The van der Waals surface area contributed by atoms with Crippen LogP contribution in [-0.4, -0.2) is 57.6 Å². The van der Waals surface area contributed by atoms with Crippen molar-refractivity contribution < 1.29 is 23.3 Å². The van der Waals surface area contributed by atoms with Crippen molar-refractivity contribution in [3.8, 4) is 11.1 Å². The molecule has 0 unspecified atom stereocenters. The molecule has 3 aromatic heterocycles. The molecule has 0 aliphatic heterocycles. The summed E-state index contributed by atoms with van der Waals surface area (Å²) in [5.41, 5.74) is 3.08. The Morgan fingerprint density at radius 1 is 1.09 bits per heavy atom. The van der Waals surface area contributed by atoms with Gasteiger partial charge in [0, 0.05) is 37.4 Å². The van der Waals surface area contributed by atoms with E-state index < -0.39 is 31.9 Å². The van der Waals surface area contributed by atoms with E-state index in [-0.39, 0.29) is 23.3 Å². The molecule has 236 valence electrons. The van der Waals surface area contributed by atoms with Crippen molar-refractivity contribution >= 4 is 25.7 Å². The normalized spacial score (nSPS) is 17.6. The zero-order chi connectivity index (χ0) is 31.2. The lowest BCUT2D eigenvalue weighted by Gasteiger charge is -2.27. The quantitative estimate of drug-likeness (QED) is 0.137. The predicted molar refractivity (Wildman–Crippen MR) is 164 cm³/mol. The summed E-state index contributed by atoms with van der Waals surface area (Å²) in [6.07, 6.45) is 5.97. The van der Waals surface area contributed by atoms with Gasteiger partial charge in [-0.1, -0.05) is 24.8 Å². The van der Waals surface area contributed by atoms with Crippen LogP contribution < -0.4 is 10.6 Å². The van der Waals surface area contributed by atoms with Gasteiger partial charge in [-0.05, 0) is 93.5 Å². The highest BCUT2D eigenvalue weighted by atomic mass is 28.3. The van der Waals surface area contributed by atoms with Crippen molar-refractivity contribution in [1.29, 1.82) is 0 Å². The van der Waals surface area contributed by atoms with Crippen LogP contribution in [0.25, 0.3) is 11.1 Å². The lowest BCUT2D eigenvalue weighted by atomic mass is 9.88. The van der Waals surface area contributed by atoms with Gasteiger partial charge >= 0.3 is 0 Å². The smallest absolute Gasteiger partial charge is 0.276 e. The summed E-state index contributed by atoms with van der Waals surface area (Å²) in [4.78, 5) is 31.2. The number of hydrogen-bond donors (Lipinski definition) is 2. The SMILES string of the molecule is Cc1nn(COCC[Si](C)(C)C)c(C)c1-c1ccc(NC(=O)[C@@H](NC(=O)c2nonc2C2CC2)C(C2CC2)C2CC2)nc1F. The van der Waals surface area contributed by atoms with E-state index in [4.69, 9.17) is 9.37 Å². The monoisotopic (exact) mass is 623 g/mol. The van der Waals surface area contributed by atoms with Gasteiger partial charge in [0.15, 0.2) is 5.69 Å². The number of ether oxygens (including phenoxy) is 1. The number of aryl methyl sites for hydroxylation is 1. The van der Waals surface area contributed by atoms with Crippen molar-refractivity contribution in [3.63, 3.8) is 0 Å². The van der Waals surface area contributed by atoms with E-state index in [9.17, 15) is 9.59 Å². The molecule has 2 amide bonds. The Kier molecular flexibility index (Phi) is 8.44. The Morgan fingerprint density at radius 2 is 1.80 bits per heavy atom. The summed E-state index contributed by atoms with van der Waals surface area (Å²) in [5, 5.41) is 18.1. The van der Waals surface area contributed by atoms with Crippen LogP contribution in [-0.2, 0) is 16.3 Å². The van der Waals surface area contributed by atoms with Crippen molar-refractivity contribution in [1.82, 2.24) is 30.4 Å². The van der Waals surface area contributed by atoms with E-state index >= 15 is 4.39 Å². The molecular formula is C31H42FN7O4Si. The number of nitrogens with one attached hydrogen (secondary N) is 2.